The Kier molecular flexibility index (Phi) is 7.04. The molecule has 152 valence electrons. The van der Waals surface area contributed by atoms with Crippen LogP contribution in [0.2, 0.25) is 0 Å². The largest absolute Gasteiger partial charge is 0.494 e. The average molecular weight is 407 g/mol. The maximum Gasteiger partial charge on any atom is 0.262 e. The summed E-state index contributed by atoms with van der Waals surface area (Å²) in [5, 5.41) is 2.64. The number of amides is 1. The number of carbonyl (C=O) groups excluding carboxylic acids is 1. The highest BCUT2D eigenvalue weighted by atomic mass is 32.2. The first-order valence-electron chi connectivity index (χ1n) is 8.88. The van der Waals surface area contributed by atoms with Gasteiger partial charge in [0.2, 0.25) is 10.0 Å². The summed E-state index contributed by atoms with van der Waals surface area (Å²) in [6.07, 6.45) is 0. The van der Waals surface area contributed by atoms with Crippen LogP contribution in [-0.4, -0.2) is 33.1 Å². The zero-order valence-corrected chi connectivity index (χ0v) is 17.3. The van der Waals surface area contributed by atoms with Gasteiger partial charge in [-0.2, -0.15) is 0 Å². The maximum atomic E-state index is 12.4. The van der Waals surface area contributed by atoms with E-state index in [2.05, 4.69) is 10.0 Å². The topological polar surface area (TPSA) is 93.7 Å². The number of carbonyl (C=O) groups is 1. The molecule has 2 N–H and O–H groups in total. The summed E-state index contributed by atoms with van der Waals surface area (Å²) in [6, 6.07) is 13.0. The summed E-state index contributed by atoms with van der Waals surface area (Å²) in [5.74, 6) is 0.859. The minimum Gasteiger partial charge on any atom is -0.494 e. The SMILES string of the molecule is CCOc1ccc(OCC(=O)Nc2cccc(S(=O)(=O)NC(C)(C)C)c2)cc1. The predicted molar refractivity (Wildman–Crippen MR) is 108 cm³/mol. The molecule has 0 aliphatic rings. The number of hydrogen-bond acceptors (Lipinski definition) is 5. The van der Waals surface area contributed by atoms with Crippen LogP contribution in [0.5, 0.6) is 11.5 Å². The molecule has 2 aromatic carbocycles. The van der Waals surface area contributed by atoms with Crippen molar-refractivity contribution in [3.63, 3.8) is 0 Å². The summed E-state index contributed by atoms with van der Waals surface area (Å²) < 4.78 is 38.2. The highest BCUT2D eigenvalue weighted by molar-refractivity contribution is 7.89. The van der Waals surface area contributed by atoms with E-state index in [-0.39, 0.29) is 11.5 Å². The van der Waals surface area contributed by atoms with Crippen LogP contribution < -0.4 is 19.5 Å². The second kappa shape index (κ2) is 9.07. The molecule has 0 unspecified atom stereocenters. The third kappa shape index (κ3) is 6.86. The van der Waals surface area contributed by atoms with Crippen molar-refractivity contribution in [2.24, 2.45) is 0 Å². The number of anilines is 1. The average Bonchev–Trinajstić information content (AvgIpc) is 2.60. The summed E-state index contributed by atoms with van der Waals surface area (Å²) in [5.41, 5.74) is -0.235. The first-order valence-corrected chi connectivity index (χ1v) is 10.4. The second-order valence-electron chi connectivity index (χ2n) is 7.12. The van der Waals surface area contributed by atoms with Gasteiger partial charge >= 0.3 is 0 Å². The fourth-order valence-corrected chi connectivity index (χ4v) is 3.81. The van der Waals surface area contributed by atoms with Gasteiger partial charge in [-0.25, -0.2) is 13.1 Å². The molecular weight excluding hydrogens is 380 g/mol. The summed E-state index contributed by atoms with van der Waals surface area (Å²) in [4.78, 5) is 12.2. The molecular formula is C20H26N2O5S. The monoisotopic (exact) mass is 406 g/mol. The molecule has 0 spiro atoms. The van der Waals surface area contributed by atoms with Crippen LogP contribution in [0.3, 0.4) is 0 Å². The van der Waals surface area contributed by atoms with Gasteiger partial charge in [-0.1, -0.05) is 6.07 Å². The number of benzene rings is 2. The van der Waals surface area contributed by atoms with E-state index in [1.165, 1.54) is 12.1 Å². The molecule has 0 radical (unpaired) electrons. The van der Waals surface area contributed by atoms with Crippen molar-refractivity contribution in [3.8, 4) is 11.5 Å². The van der Waals surface area contributed by atoms with Gasteiger partial charge in [0.15, 0.2) is 6.61 Å². The zero-order chi connectivity index (χ0) is 20.8. The van der Waals surface area contributed by atoms with Crippen molar-refractivity contribution in [1.82, 2.24) is 4.72 Å². The van der Waals surface area contributed by atoms with E-state index in [1.54, 1.807) is 57.2 Å². The lowest BCUT2D eigenvalue weighted by Crippen LogP contribution is -2.40. The Labute approximate surface area is 166 Å². The van der Waals surface area contributed by atoms with E-state index in [4.69, 9.17) is 9.47 Å². The van der Waals surface area contributed by atoms with Crippen molar-refractivity contribution in [2.75, 3.05) is 18.5 Å². The van der Waals surface area contributed by atoms with Gasteiger partial charge in [-0.3, -0.25) is 4.79 Å². The minimum absolute atomic E-state index is 0.0765. The molecule has 0 aliphatic heterocycles. The van der Waals surface area contributed by atoms with E-state index in [0.717, 1.165) is 5.75 Å². The normalized spacial score (nSPS) is 11.7. The Morgan fingerprint density at radius 1 is 1.00 bits per heavy atom. The van der Waals surface area contributed by atoms with Crippen LogP contribution in [0.15, 0.2) is 53.4 Å². The van der Waals surface area contributed by atoms with Crippen molar-refractivity contribution in [1.29, 1.82) is 0 Å². The lowest BCUT2D eigenvalue weighted by molar-refractivity contribution is -0.118. The Morgan fingerprint density at radius 3 is 2.18 bits per heavy atom. The van der Waals surface area contributed by atoms with Gasteiger partial charge < -0.3 is 14.8 Å². The lowest BCUT2D eigenvalue weighted by atomic mass is 10.1. The molecule has 0 saturated heterocycles. The van der Waals surface area contributed by atoms with E-state index in [9.17, 15) is 13.2 Å². The summed E-state index contributed by atoms with van der Waals surface area (Å²) in [6.45, 7) is 7.54. The number of hydrogen-bond donors (Lipinski definition) is 2. The van der Waals surface area contributed by atoms with Crippen LogP contribution in [0, 0.1) is 0 Å². The molecule has 0 bridgehead atoms. The van der Waals surface area contributed by atoms with Crippen LogP contribution in [0.4, 0.5) is 5.69 Å². The van der Waals surface area contributed by atoms with Gasteiger partial charge in [-0.05, 0) is 70.2 Å². The molecule has 2 aromatic rings. The van der Waals surface area contributed by atoms with Gasteiger partial charge in [0.25, 0.3) is 5.91 Å². The Morgan fingerprint density at radius 2 is 1.61 bits per heavy atom. The number of nitrogens with one attached hydrogen (secondary N) is 2. The van der Waals surface area contributed by atoms with E-state index >= 15 is 0 Å². The molecule has 7 nitrogen and oxygen atoms in total. The first-order chi connectivity index (χ1) is 13.1. The molecule has 1 amide bonds. The lowest BCUT2D eigenvalue weighted by Gasteiger charge is -2.20. The molecule has 0 aliphatic carbocycles. The summed E-state index contributed by atoms with van der Waals surface area (Å²) in [7, 11) is -3.68. The fraction of sp³-hybridized carbons (Fsp3) is 0.350. The minimum atomic E-state index is -3.68. The van der Waals surface area contributed by atoms with Crippen molar-refractivity contribution in [3.05, 3.63) is 48.5 Å². The first kappa shape index (κ1) is 21.7. The van der Waals surface area contributed by atoms with Crippen molar-refractivity contribution >= 4 is 21.6 Å². The summed E-state index contributed by atoms with van der Waals surface area (Å²) >= 11 is 0. The van der Waals surface area contributed by atoms with Gasteiger partial charge in [0, 0.05) is 11.2 Å². The van der Waals surface area contributed by atoms with E-state index in [1.807, 2.05) is 6.92 Å². The number of ether oxygens (including phenoxy) is 2. The van der Waals surface area contributed by atoms with Crippen molar-refractivity contribution in [2.45, 2.75) is 38.1 Å². The third-order valence-corrected chi connectivity index (χ3v) is 5.13. The highest BCUT2D eigenvalue weighted by Crippen LogP contribution is 2.19. The number of rotatable bonds is 8. The Bertz CT molecular complexity index is 903. The molecule has 0 atom stereocenters. The van der Waals surface area contributed by atoms with Crippen molar-refractivity contribution < 1.29 is 22.7 Å². The molecule has 28 heavy (non-hydrogen) atoms. The highest BCUT2D eigenvalue weighted by Gasteiger charge is 2.22. The molecule has 8 heteroatoms. The molecule has 0 saturated carbocycles. The van der Waals surface area contributed by atoms with Crippen LogP contribution in [0.25, 0.3) is 0 Å². The maximum absolute atomic E-state index is 12.4. The molecule has 0 heterocycles. The van der Waals surface area contributed by atoms with Crippen LogP contribution in [-0.2, 0) is 14.8 Å². The Balaban J connectivity index is 1.97. The molecule has 2 rings (SSSR count). The third-order valence-electron chi connectivity index (χ3n) is 3.37. The van der Waals surface area contributed by atoms with Gasteiger partial charge in [-0.15, -0.1) is 0 Å². The molecule has 0 fully saturated rings. The van der Waals surface area contributed by atoms with E-state index < -0.39 is 21.5 Å². The fourth-order valence-electron chi connectivity index (χ4n) is 2.35. The standard InChI is InChI=1S/C20H26N2O5S/c1-5-26-16-9-11-17(12-10-16)27-14-19(23)21-15-7-6-8-18(13-15)28(24,25)22-20(2,3)4/h6-13,22H,5,14H2,1-4H3,(H,21,23). The second-order valence-corrected chi connectivity index (χ2v) is 8.81. The predicted octanol–water partition coefficient (Wildman–Crippen LogP) is 3.18. The quantitative estimate of drug-likeness (QED) is 0.702. The smallest absolute Gasteiger partial charge is 0.262 e. The molecule has 0 aromatic heterocycles. The number of sulfonamides is 1. The Hall–Kier alpha value is -2.58. The van der Waals surface area contributed by atoms with Crippen LogP contribution >= 0.6 is 0 Å². The zero-order valence-electron chi connectivity index (χ0n) is 16.5. The van der Waals surface area contributed by atoms with Crippen LogP contribution in [0.1, 0.15) is 27.7 Å². The van der Waals surface area contributed by atoms with E-state index in [0.29, 0.717) is 18.0 Å². The van der Waals surface area contributed by atoms with Gasteiger partial charge in [0.05, 0.1) is 11.5 Å². The van der Waals surface area contributed by atoms with Gasteiger partial charge in [0.1, 0.15) is 11.5 Å².